The van der Waals surface area contributed by atoms with E-state index in [9.17, 15) is 0 Å². The number of hydrogen-bond donors (Lipinski definition) is 1. The van der Waals surface area contributed by atoms with E-state index in [1.807, 2.05) is 13.1 Å². The Hall–Kier alpha value is -2.21. The Balaban J connectivity index is 2.37. The van der Waals surface area contributed by atoms with Gasteiger partial charge in [-0.2, -0.15) is 0 Å². The lowest BCUT2D eigenvalue weighted by atomic mass is 10.1. The fourth-order valence-corrected chi connectivity index (χ4v) is 1.81. The second-order valence-corrected chi connectivity index (χ2v) is 3.87. The number of pyridine rings is 1. The van der Waals surface area contributed by atoms with Crippen molar-refractivity contribution in [2.24, 2.45) is 0 Å². The summed E-state index contributed by atoms with van der Waals surface area (Å²) in [5.74, 6) is 1.24. The summed E-state index contributed by atoms with van der Waals surface area (Å²) in [4.78, 5) is 12.4. The van der Waals surface area contributed by atoms with Crippen LogP contribution in [0.15, 0.2) is 30.9 Å². The molecule has 2 aromatic heterocycles. The van der Waals surface area contributed by atoms with Crippen LogP contribution in [0.2, 0.25) is 0 Å². The van der Waals surface area contributed by atoms with Crippen LogP contribution in [0.25, 0.3) is 0 Å². The molecule has 0 aliphatic heterocycles. The first kappa shape index (κ1) is 13.2. The number of rotatable bonds is 5. The fourth-order valence-electron chi connectivity index (χ4n) is 1.81. The molecule has 19 heavy (non-hydrogen) atoms. The van der Waals surface area contributed by atoms with Gasteiger partial charge in [-0.15, -0.1) is 0 Å². The van der Waals surface area contributed by atoms with Crippen LogP contribution < -0.4 is 14.8 Å². The Morgan fingerprint density at radius 1 is 1.11 bits per heavy atom. The maximum absolute atomic E-state index is 5.18. The highest BCUT2D eigenvalue weighted by molar-refractivity contribution is 5.32. The van der Waals surface area contributed by atoms with Crippen molar-refractivity contribution < 1.29 is 9.47 Å². The smallest absolute Gasteiger partial charge is 0.216 e. The van der Waals surface area contributed by atoms with Crippen LogP contribution in [0, 0.1) is 0 Å². The van der Waals surface area contributed by atoms with E-state index in [-0.39, 0.29) is 6.04 Å². The molecule has 0 bridgehead atoms. The molecule has 0 radical (unpaired) electrons. The summed E-state index contributed by atoms with van der Waals surface area (Å²) in [5, 5.41) is 3.20. The fraction of sp³-hybridized carbons (Fsp3) is 0.308. The maximum Gasteiger partial charge on any atom is 0.216 e. The van der Waals surface area contributed by atoms with Crippen LogP contribution in [0.3, 0.4) is 0 Å². The van der Waals surface area contributed by atoms with E-state index in [2.05, 4.69) is 20.3 Å². The average molecular weight is 260 g/mol. The lowest BCUT2D eigenvalue weighted by molar-refractivity contribution is 0.395. The standard InChI is InChI=1S/C13H16N4O2/c1-14-13(9-4-10(18-2)7-15-6-9)11-5-12(19-3)17-8-16-11/h4-8,13-14H,1-3H3. The lowest BCUT2D eigenvalue weighted by Gasteiger charge is -2.16. The molecule has 0 saturated heterocycles. The second-order valence-electron chi connectivity index (χ2n) is 3.87. The molecular weight excluding hydrogens is 244 g/mol. The highest BCUT2D eigenvalue weighted by Gasteiger charge is 2.15. The number of nitrogens with zero attached hydrogens (tertiary/aromatic N) is 3. The summed E-state index contributed by atoms with van der Waals surface area (Å²) in [5.41, 5.74) is 1.77. The first-order valence-corrected chi connectivity index (χ1v) is 5.80. The van der Waals surface area contributed by atoms with E-state index in [1.54, 1.807) is 32.7 Å². The molecule has 0 aromatic carbocycles. The summed E-state index contributed by atoms with van der Waals surface area (Å²) in [6, 6.07) is 3.61. The number of hydrogen-bond acceptors (Lipinski definition) is 6. The molecule has 100 valence electrons. The van der Waals surface area contributed by atoms with E-state index in [0.29, 0.717) is 11.6 Å². The first-order valence-electron chi connectivity index (χ1n) is 5.80. The third-order valence-electron chi connectivity index (χ3n) is 2.76. The zero-order valence-corrected chi connectivity index (χ0v) is 11.1. The van der Waals surface area contributed by atoms with Gasteiger partial charge in [0.2, 0.25) is 5.88 Å². The zero-order chi connectivity index (χ0) is 13.7. The molecule has 0 saturated carbocycles. The lowest BCUT2D eigenvalue weighted by Crippen LogP contribution is -2.19. The number of methoxy groups -OCH3 is 2. The molecule has 0 amide bonds. The van der Waals surface area contributed by atoms with E-state index in [4.69, 9.17) is 9.47 Å². The molecule has 0 spiro atoms. The largest absolute Gasteiger partial charge is 0.495 e. The van der Waals surface area contributed by atoms with Gasteiger partial charge in [0.25, 0.3) is 0 Å². The molecule has 6 nitrogen and oxygen atoms in total. The molecule has 6 heteroatoms. The topological polar surface area (TPSA) is 69.2 Å². The third-order valence-corrected chi connectivity index (χ3v) is 2.76. The van der Waals surface area contributed by atoms with Crippen LogP contribution >= 0.6 is 0 Å². The normalized spacial score (nSPS) is 11.9. The third kappa shape index (κ3) is 2.97. The SMILES string of the molecule is CNC(c1cncc(OC)c1)c1cc(OC)ncn1. The molecule has 0 aliphatic rings. The number of ether oxygens (including phenoxy) is 2. The number of nitrogens with one attached hydrogen (secondary N) is 1. The van der Waals surface area contributed by atoms with Crippen molar-refractivity contribution in [3.8, 4) is 11.6 Å². The van der Waals surface area contributed by atoms with Crippen molar-refractivity contribution in [1.29, 1.82) is 0 Å². The second kappa shape index (κ2) is 6.10. The van der Waals surface area contributed by atoms with Crippen LogP contribution in [-0.4, -0.2) is 36.2 Å². The minimum Gasteiger partial charge on any atom is -0.495 e. The van der Waals surface area contributed by atoms with Gasteiger partial charge in [0.05, 0.1) is 32.2 Å². The van der Waals surface area contributed by atoms with Gasteiger partial charge in [-0.1, -0.05) is 0 Å². The Morgan fingerprint density at radius 3 is 2.63 bits per heavy atom. The van der Waals surface area contributed by atoms with Crippen LogP contribution in [0.4, 0.5) is 0 Å². The van der Waals surface area contributed by atoms with Crippen molar-refractivity contribution in [3.63, 3.8) is 0 Å². The summed E-state index contributed by atoms with van der Waals surface area (Å²) < 4.78 is 10.3. The molecule has 2 heterocycles. The van der Waals surface area contributed by atoms with E-state index < -0.39 is 0 Å². The summed E-state index contributed by atoms with van der Waals surface area (Å²) in [7, 11) is 5.05. The van der Waals surface area contributed by atoms with Crippen molar-refractivity contribution in [2.45, 2.75) is 6.04 Å². The van der Waals surface area contributed by atoms with Gasteiger partial charge in [0.15, 0.2) is 0 Å². The Kier molecular flexibility index (Phi) is 4.25. The average Bonchev–Trinajstić information content (AvgIpc) is 2.48. The van der Waals surface area contributed by atoms with Crippen LogP contribution in [0.5, 0.6) is 11.6 Å². The van der Waals surface area contributed by atoms with Gasteiger partial charge in [-0.05, 0) is 18.7 Å². The predicted octanol–water partition coefficient (Wildman–Crippen LogP) is 1.20. The van der Waals surface area contributed by atoms with Gasteiger partial charge in [-0.3, -0.25) is 4.98 Å². The van der Waals surface area contributed by atoms with Gasteiger partial charge < -0.3 is 14.8 Å². The molecule has 1 unspecified atom stereocenters. The Labute approximate surface area is 111 Å². The van der Waals surface area contributed by atoms with Crippen molar-refractivity contribution in [3.05, 3.63) is 42.1 Å². The monoisotopic (exact) mass is 260 g/mol. The molecular formula is C13H16N4O2. The molecule has 2 aromatic rings. The highest BCUT2D eigenvalue weighted by atomic mass is 16.5. The van der Waals surface area contributed by atoms with Crippen molar-refractivity contribution >= 4 is 0 Å². The molecule has 2 rings (SSSR count). The Bertz CT molecular complexity index is 500. The highest BCUT2D eigenvalue weighted by Crippen LogP contribution is 2.23. The molecule has 1 N–H and O–H groups in total. The minimum atomic E-state index is -0.0977. The summed E-state index contributed by atoms with van der Waals surface area (Å²) in [6.07, 6.45) is 4.92. The van der Waals surface area contributed by atoms with Gasteiger partial charge >= 0.3 is 0 Å². The summed E-state index contributed by atoms with van der Waals surface area (Å²) in [6.45, 7) is 0. The number of aromatic nitrogens is 3. The molecule has 1 atom stereocenters. The van der Waals surface area contributed by atoms with E-state index >= 15 is 0 Å². The predicted molar refractivity (Wildman–Crippen MR) is 70.3 cm³/mol. The van der Waals surface area contributed by atoms with Gasteiger partial charge in [0, 0.05) is 12.3 Å². The van der Waals surface area contributed by atoms with Crippen LogP contribution in [0.1, 0.15) is 17.3 Å². The van der Waals surface area contributed by atoms with Crippen molar-refractivity contribution in [2.75, 3.05) is 21.3 Å². The van der Waals surface area contributed by atoms with Gasteiger partial charge in [0.1, 0.15) is 12.1 Å². The van der Waals surface area contributed by atoms with E-state index in [1.165, 1.54) is 6.33 Å². The maximum atomic E-state index is 5.18. The first-order chi connectivity index (χ1) is 9.28. The quantitative estimate of drug-likeness (QED) is 0.871. The van der Waals surface area contributed by atoms with E-state index in [0.717, 1.165) is 11.3 Å². The molecule has 0 aliphatic carbocycles. The Morgan fingerprint density at radius 2 is 1.95 bits per heavy atom. The van der Waals surface area contributed by atoms with Crippen molar-refractivity contribution in [1.82, 2.24) is 20.3 Å². The summed E-state index contributed by atoms with van der Waals surface area (Å²) >= 11 is 0. The van der Waals surface area contributed by atoms with Gasteiger partial charge in [-0.25, -0.2) is 9.97 Å². The minimum absolute atomic E-state index is 0.0977. The molecule has 0 fully saturated rings. The zero-order valence-electron chi connectivity index (χ0n) is 11.1. The van der Waals surface area contributed by atoms with Crippen LogP contribution in [-0.2, 0) is 0 Å².